The van der Waals surface area contributed by atoms with Gasteiger partial charge in [0.1, 0.15) is 0 Å². The van der Waals surface area contributed by atoms with Gasteiger partial charge in [-0.1, -0.05) is 33.8 Å². The maximum atomic E-state index is 11.5. The Kier molecular flexibility index (Phi) is 4.09. The first-order valence-corrected chi connectivity index (χ1v) is 10.1. The predicted molar refractivity (Wildman–Crippen MR) is 94.4 cm³/mol. The normalized spacial score (nSPS) is 12.0. The molecule has 0 radical (unpaired) electrons. The third kappa shape index (κ3) is 2.95. The van der Waals surface area contributed by atoms with Crippen LogP contribution in [0.2, 0.25) is 0 Å². The van der Waals surface area contributed by atoms with Gasteiger partial charge in [0.15, 0.2) is 9.84 Å². The third-order valence-corrected chi connectivity index (χ3v) is 6.39. The minimum Gasteiger partial charge on any atom is -0.358 e. The SMILES string of the molecule is Cc1[nH]c2cccc(Br)c2c1Sc1ccc(S(C)(=O)=O)cc1. The lowest BCUT2D eigenvalue weighted by Gasteiger charge is -2.04. The van der Waals surface area contributed by atoms with E-state index < -0.39 is 9.84 Å². The van der Waals surface area contributed by atoms with Crippen molar-refractivity contribution in [3.63, 3.8) is 0 Å². The zero-order valence-electron chi connectivity index (χ0n) is 12.1. The Labute approximate surface area is 142 Å². The van der Waals surface area contributed by atoms with E-state index in [0.717, 1.165) is 30.9 Å². The molecule has 1 N–H and O–H groups in total. The fourth-order valence-electron chi connectivity index (χ4n) is 2.31. The van der Waals surface area contributed by atoms with Crippen molar-refractivity contribution in [2.24, 2.45) is 0 Å². The quantitative estimate of drug-likeness (QED) is 0.692. The Morgan fingerprint density at radius 1 is 1.09 bits per heavy atom. The summed E-state index contributed by atoms with van der Waals surface area (Å²) in [6.07, 6.45) is 1.22. The molecule has 114 valence electrons. The van der Waals surface area contributed by atoms with E-state index >= 15 is 0 Å². The highest BCUT2D eigenvalue weighted by Gasteiger charge is 2.13. The van der Waals surface area contributed by atoms with Gasteiger partial charge in [-0.25, -0.2) is 8.42 Å². The Balaban J connectivity index is 2.02. The number of halogens is 1. The first-order valence-electron chi connectivity index (χ1n) is 6.61. The van der Waals surface area contributed by atoms with Gasteiger partial charge in [-0.05, 0) is 43.3 Å². The Hall–Kier alpha value is -1.24. The van der Waals surface area contributed by atoms with E-state index in [-0.39, 0.29) is 0 Å². The van der Waals surface area contributed by atoms with Crippen molar-refractivity contribution in [2.75, 3.05) is 6.26 Å². The molecule has 1 heterocycles. The molecule has 0 saturated carbocycles. The zero-order chi connectivity index (χ0) is 15.9. The fourth-order valence-corrected chi connectivity index (χ4v) is 4.67. The van der Waals surface area contributed by atoms with Crippen molar-refractivity contribution in [1.29, 1.82) is 0 Å². The molecule has 0 atom stereocenters. The van der Waals surface area contributed by atoms with Gasteiger partial charge in [-0.2, -0.15) is 0 Å². The fraction of sp³-hybridized carbons (Fsp3) is 0.125. The third-order valence-electron chi connectivity index (χ3n) is 3.38. The van der Waals surface area contributed by atoms with E-state index in [1.165, 1.54) is 6.26 Å². The summed E-state index contributed by atoms with van der Waals surface area (Å²) in [5.41, 5.74) is 2.18. The second-order valence-electron chi connectivity index (χ2n) is 5.09. The molecule has 0 fully saturated rings. The average molecular weight is 396 g/mol. The molecule has 0 amide bonds. The largest absolute Gasteiger partial charge is 0.358 e. The number of hydrogen-bond donors (Lipinski definition) is 1. The highest BCUT2D eigenvalue weighted by molar-refractivity contribution is 9.10. The number of aromatic nitrogens is 1. The molecule has 0 spiro atoms. The Morgan fingerprint density at radius 2 is 1.77 bits per heavy atom. The average Bonchev–Trinajstić information content (AvgIpc) is 2.76. The van der Waals surface area contributed by atoms with Crippen LogP contribution in [-0.2, 0) is 9.84 Å². The highest BCUT2D eigenvalue weighted by atomic mass is 79.9. The van der Waals surface area contributed by atoms with Crippen LogP contribution in [0.5, 0.6) is 0 Å². The van der Waals surface area contributed by atoms with Crippen molar-refractivity contribution in [1.82, 2.24) is 4.98 Å². The van der Waals surface area contributed by atoms with Gasteiger partial charge < -0.3 is 4.98 Å². The molecule has 0 bridgehead atoms. The van der Waals surface area contributed by atoms with Crippen molar-refractivity contribution in [3.05, 3.63) is 52.6 Å². The van der Waals surface area contributed by atoms with Gasteiger partial charge in [0.25, 0.3) is 0 Å². The second-order valence-corrected chi connectivity index (χ2v) is 9.04. The summed E-state index contributed by atoms with van der Waals surface area (Å²) in [5, 5.41) is 1.15. The van der Waals surface area contributed by atoms with Crippen LogP contribution < -0.4 is 0 Å². The number of hydrogen-bond acceptors (Lipinski definition) is 3. The van der Waals surface area contributed by atoms with Crippen molar-refractivity contribution < 1.29 is 8.42 Å². The second kappa shape index (κ2) is 5.76. The standard InChI is InChI=1S/C16H14BrNO2S2/c1-10-16(15-13(17)4-3-5-14(15)18-10)21-11-6-8-12(9-7-11)22(2,19)20/h3-9,18H,1-2H3. The minimum absolute atomic E-state index is 0.341. The lowest BCUT2D eigenvalue weighted by atomic mass is 10.2. The number of nitrogens with one attached hydrogen (secondary N) is 1. The van der Waals surface area contributed by atoms with Gasteiger partial charge in [-0.3, -0.25) is 0 Å². The number of aryl methyl sites for hydroxylation is 1. The van der Waals surface area contributed by atoms with Crippen molar-refractivity contribution in [2.45, 2.75) is 21.6 Å². The molecule has 2 aromatic carbocycles. The zero-order valence-corrected chi connectivity index (χ0v) is 15.3. The van der Waals surface area contributed by atoms with E-state index in [4.69, 9.17) is 0 Å². The molecule has 0 aliphatic heterocycles. The lowest BCUT2D eigenvalue weighted by Crippen LogP contribution is -1.95. The van der Waals surface area contributed by atoms with Crippen LogP contribution in [0.3, 0.4) is 0 Å². The van der Waals surface area contributed by atoms with Crippen LogP contribution in [0.25, 0.3) is 10.9 Å². The molecular formula is C16H14BrNO2S2. The maximum Gasteiger partial charge on any atom is 0.175 e. The number of aromatic amines is 1. The number of benzene rings is 2. The van der Waals surface area contributed by atoms with E-state index in [0.29, 0.717) is 4.90 Å². The summed E-state index contributed by atoms with van der Waals surface area (Å²) in [6, 6.07) is 13.0. The van der Waals surface area contributed by atoms with Crippen LogP contribution in [0, 0.1) is 6.92 Å². The van der Waals surface area contributed by atoms with Gasteiger partial charge in [0.2, 0.25) is 0 Å². The summed E-state index contributed by atoms with van der Waals surface area (Å²) < 4.78 is 24.1. The summed E-state index contributed by atoms with van der Waals surface area (Å²) >= 11 is 5.23. The number of rotatable bonds is 3. The van der Waals surface area contributed by atoms with E-state index in [1.807, 2.05) is 37.3 Å². The van der Waals surface area contributed by atoms with Crippen LogP contribution in [0.4, 0.5) is 0 Å². The first kappa shape index (κ1) is 15.6. The summed E-state index contributed by atoms with van der Waals surface area (Å²) in [7, 11) is -3.15. The molecule has 0 aliphatic rings. The smallest absolute Gasteiger partial charge is 0.175 e. The molecule has 3 nitrogen and oxygen atoms in total. The summed E-state index contributed by atoms with van der Waals surface area (Å²) in [5.74, 6) is 0. The molecule has 0 aliphatic carbocycles. The molecule has 1 aromatic heterocycles. The van der Waals surface area contributed by atoms with E-state index in [1.54, 1.807) is 23.9 Å². The van der Waals surface area contributed by atoms with Crippen LogP contribution in [0.1, 0.15) is 5.69 Å². The van der Waals surface area contributed by atoms with Crippen LogP contribution in [-0.4, -0.2) is 19.7 Å². The van der Waals surface area contributed by atoms with E-state index in [2.05, 4.69) is 20.9 Å². The Bertz CT molecular complexity index is 944. The lowest BCUT2D eigenvalue weighted by molar-refractivity contribution is 0.602. The summed E-state index contributed by atoms with van der Waals surface area (Å²) in [6.45, 7) is 2.04. The van der Waals surface area contributed by atoms with Crippen LogP contribution >= 0.6 is 27.7 Å². The van der Waals surface area contributed by atoms with Crippen LogP contribution in [0.15, 0.2) is 61.6 Å². The van der Waals surface area contributed by atoms with E-state index in [9.17, 15) is 8.42 Å². The van der Waals surface area contributed by atoms with Gasteiger partial charge in [0, 0.05) is 37.1 Å². The van der Waals surface area contributed by atoms with Gasteiger partial charge in [-0.15, -0.1) is 0 Å². The molecule has 3 aromatic rings. The molecule has 22 heavy (non-hydrogen) atoms. The molecular weight excluding hydrogens is 382 g/mol. The number of H-pyrrole nitrogens is 1. The molecule has 6 heteroatoms. The van der Waals surface area contributed by atoms with Gasteiger partial charge >= 0.3 is 0 Å². The molecule has 3 rings (SSSR count). The number of sulfone groups is 1. The number of fused-ring (bicyclic) bond motifs is 1. The monoisotopic (exact) mass is 395 g/mol. The van der Waals surface area contributed by atoms with Crippen molar-refractivity contribution >= 4 is 48.4 Å². The highest BCUT2D eigenvalue weighted by Crippen LogP contribution is 2.39. The molecule has 0 unspecified atom stereocenters. The molecule has 0 saturated heterocycles. The minimum atomic E-state index is -3.15. The summed E-state index contributed by atoms with van der Waals surface area (Å²) in [4.78, 5) is 5.87. The van der Waals surface area contributed by atoms with Crippen molar-refractivity contribution in [3.8, 4) is 0 Å². The predicted octanol–water partition coefficient (Wildman–Crippen LogP) is 4.79. The van der Waals surface area contributed by atoms with Gasteiger partial charge in [0.05, 0.1) is 4.90 Å². The topological polar surface area (TPSA) is 49.9 Å². The maximum absolute atomic E-state index is 11.5. The first-order chi connectivity index (χ1) is 10.4. The Morgan fingerprint density at radius 3 is 2.41 bits per heavy atom.